The Labute approximate surface area is 164 Å². The Morgan fingerprint density at radius 2 is 1.22 bits per heavy atom. The number of hydrogen-bond donors (Lipinski definition) is 4. The molecule has 0 fully saturated rings. The largest absolute Gasteiger partial charge is 0.636 e. The first-order chi connectivity index (χ1) is 13.1. The molecule has 27 heavy (non-hydrogen) atoms. The number of aliphatic carboxylic acids is 1. The summed E-state index contributed by atoms with van der Waals surface area (Å²) in [6.07, 6.45) is 14.1. The smallest absolute Gasteiger partial charge is 0.481 e. The molecular weight excluding hydrogens is 351 g/mol. The van der Waals surface area contributed by atoms with Crippen molar-refractivity contribution in [3.8, 4) is 0 Å². The molecule has 0 amide bonds. The van der Waals surface area contributed by atoms with Gasteiger partial charge < -0.3 is 29.7 Å². The molecule has 0 saturated heterocycles. The summed E-state index contributed by atoms with van der Waals surface area (Å²) in [4.78, 5) is 10.4. The number of rotatable bonds is 21. The zero-order valence-corrected chi connectivity index (χ0v) is 16.7. The van der Waals surface area contributed by atoms with E-state index in [0.29, 0.717) is 13.0 Å². The van der Waals surface area contributed by atoms with Gasteiger partial charge >= 0.3 is 13.3 Å². The summed E-state index contributed by atoms with van der Waals surface area (Å²) in [5.74, 6) is -0.691. The van der Waals surface area contributed by atoms with Gasteiger partial charge in [0.1, 0.15) is 0 Å². The lowest BCUT2D eigenvalue weighted by molar-refractivity contribution is -0.137. The van der Waals surface area contributed by atoms with Crippen molar-refractivity contribution in [2.24, 2.45) is 0 Å². The van der Waals surface area contributed by atoms with Crippen molar-refractivity contribution in [2.75, 3.05) is 19.8 Å². The van der Waals surface area contributed by atoms with Crippen molar-refractivity contribution in [2.45, 2.75) is 96.0 Å². The molecule has 0 radical (unpaired) electrons. The van der Waals surface area contributed by atoms with Crippen LogP contribution in [0, 0.1) is 0 Å². The minimum atomic E-state index is -1.34. The van der Waals surface area contributed by atoms with Gasteiger partial charge in [0.05, 0.1) is 19.3 Å². The average molecular weight is 390 g/mol. The first kappa shape index (κ1) is 26.3. The minimum absolute atomic E-state index is 0.150. The lowest BCUT2D eigenvalue weighted by Crippen LogP contribution is -2.29. The van der Waals surface area contributed by atoms with Crippen LogP contribution in [0.4, 0.5) is 0 Å². The van der Waals surface area contributed by atoms with Crippen LogP contribution in [0.2, 0.25) is 0 Å². The minimum Gasteiger partial charge on any atom is -0.481 e. The molecule has 7 nitrogen and oxygen atoms in total. The highest BCUT2D eigenvalue weighted by atomic mass is 16.7. The van der Waals surface area contributed by atoms with Crippen LogP contribution in [-0.2, 0) is 14.1 Å². The van der Waals surface area contributed by atoms with Crippen LogP contribution in [0.5, 0.6) is 0 Å². The van der Waals surface area contributed by atoms with Crippen molar-refractivity contribution < 1.29 is 34.4 Å². The predicted molar refractivity (Wildman–Crippen MR) is 105 cm³/mol. The molecular formula is C19H39BO7. The van der Waals surface area contributed by atoms with Gasteiger partial charge in [0, 0.05) is 13.0 Å². The Bertz CT molecular complexity index is 331. The fourth-order valence-corrected chi connectivity index (χ4v) is 2.80. The van der Waals surface area contributed by atoms with Gasteiger partial charge in [-0.15, -0.1) is 0 Å². The van der Waals surface area contributed by atoms with E-state index in [2.05, 4.69) is 0 Å². The number of carbonyl (C=O) groups is 1. The summed E-state index contributed by atoms with van der Waals surface area (Å²) in [5, 5.41) is 35.6. The van der Waals surface area contributed by atoms with E-state index in [4.69, 9.17) is 24.6 Å². The number of carboxylic acid groups (broad SMARTS) is 1. The molecule has 4 N–H and O–H groups in total. The number of hydrogen-bond acceptors (Lipinski definition) is 6. The maximum atomic E-state index is 10.4. The fraction of sp³-hybridized carbons (Fsp3) is 0.947. The third-order valence-corrected chi connectivity index (χ3v) is 4.44. The highest BCUT2D eigenvalue weighted by Gasteiger charge is 2.16. The average Bonchev–Trinajstić information content (AvgIpc) is 2.65. The zero-order valence-electron chi connectivity index (χ0n) is 16.7. The fourth-order valence-electron chi connectivity index (χ4n) is 2.80. The lowest BCUT2D eigenvalue weighted by atomic mass is 10.0. The van der Waals surface area contributed by atoms with Crippen LogP contribution in [0.15, 0.2) is 0 Å². The van der Waals surface area contributed by atoms with Gasteiger partial charge in [0.25, 0.3) is 0 Å². The van der Waals surface area contributed by atoms with Gasteiger partial charge in [-0.2, -0.15) is 0 Å². The molecule has 0 aliphatic heterocycles. The van der Waals surface area contributed by atoms with Gasteiger partial charge in [-0.1, -0.05) is 70.6 Å². The van der Waals surface area contributed by atoms with E-state index in [1.165, 1.54) is 44.9 Å². The Kier molecular flexibility index (Phi) is 19.6. The lowest BCUT2D eigenvalue weighted by Gasteiger charge is -2.11. The number of aliphatic hydroxyl groups is 2. The molecule has 0 heterocycles. The summed E-state index contributed by atoms with van der Waals surface area (Å²) in [7, 11) is -1.34. The van der Waals surface area contributed by atoms with Crippen molar-refractivity contribution >= 4 is 13.3 Å². The third kappa shape index (κ3) is 21.5. The van der Waals surface area contributed by atoms with Gasteiger partial charge in [-0.25, -0.2) is 0 Å². The topological polar surface area (TPSA) is 116 Å². The second-order valence-corrected chi connectivity index (χ2v) is 7.09. The molecule has 1 atom stereocenters. The number of aliphatic hydroxyl groups excluding tert-OH is 2. The molecule has 0 aromatic carbocycles. The van der Waals surface area contributed by atoms with Crippen molar-refractivity contribution in [3.05, 3.63) is 0 Å². The van der Waals surface area contributed by atoms with E-state index in [1.54, 1.807) is 0 Å². The van der Waals surface area contributed by atoms with Crippen LogP contribution in [0.25, 0.3) is 0 Å². The van der Waals surface area contributed by atoms with E-state index in [9.17, 15) is 9.82 Å². The normalized spacial score (nSPS) is 12.3. The van der Waals surface area contributed by atoms with Crippen molar-refractivity contribution in [1.82, 2.24) is 0 Å². The summed E-state index contributed by atoms with van der Waals surface area (Å²) in [5.41, 5.74) is 0. The maximum absolute atomic E-state index is 10.4. The molecule has 8 heteroatoms. The highest BCUT2D eigenvalue weighted by molar-refractivity contribution is 6.34. The third-order valence-electron chi connectivity index (χ3n) is 4.44. The first-order valence-electron chi connectivity index (χ1n) is 10.5. The summed E-state index contributed by atoms with van der Waals surface area (Å²) in [6, 6.07) is 0. The van der Waals surface area contributed by atoms with Crippen LogP contribution in [0.1, 0.15) is 89.9 Å². The van der Waals surface area contributed by atoms with E-state index in [0.717, 1.165) is 38.5 Å². The number of carboxylic acids is 1. The van der Waals surface area contributed by atoms with Crippen LogP contribution in [-0.4, -0.2) is 59.6 Å². The molecule has 0 aliphatic carbocycles. The molecule has 0 aromatic rings. The monoisotopic (exact) mass is 390 g/mol. The second-order valence-electron chi connectivity index (χ2n) is 7.09. The SMILES string of the molecule is O=C(O)CCCCCCCCCCCCCCCOB(O)OCC(O)CO. The van der Waals surface area contributed by atoms with Gasteiger partial charge in [-0.3, -0.25) is 4.79 Å². The molecule has 0 aliphatic rings. The van der Waals surface area contributed by atoms with Gasteiger partial charge in [-0.05, 0) is 12.8 Å². The second kappa shape index (κ2) is 20.1. The summed E-state index contributed by atoms with van der Waals surface area (Å²) < 4.78 is 9.89. The Morgan fingerprint density at radius 3 is 1.67 bits per heavy atom. The zero-order chi connectivity index (χ0) is 20.2. The van der Waals surface area contributed by atoms with Crippen LogP contribution < -0.4 is 0 Å². The molecule has 160 valence electrons. The van der Waals surface area contributed by atoms with Crippen molar-refractivity contribution in [1.29, 1.82) is 0 Å². The van der Waals surface area contributed by atoms with E-state index >= 15 is 0 Å². The first-order valence-corrected chi connectivity index (χ1v) is 10.5. The predicted octanol–water partition coefficient (Wildman–Crippen LogP) is 2.90. The highest BCUT2D eigenvalue weighted by Crippen LogP contribution is 2.13. The molecule has 0 bridgehead atoms. The Morgan fingerprint density at radius 1 is 0.778 bits per heavy atom. The number of unbranched alkanes of at least 4 members (excludes halogenated alkanes) is 12. The Hall–Kier alpha value is -0.665. The van der Waals surface area contributed by atoms with E-state index in [1.807, 2.05) is 0 Å². The quantitative estimate of drug-likeness (QED) is 0.176. The molecule has 1 unspecified atom stereocenters. The molecule has 0 saturated carbocycles. The molecule has 0 spiro atoms. The van der Waals surface area contributed by atoms with Crippen LogP contribution >= 0.6 is 0 Å². The van der Waals surface area contributed by atoms with Gasteiger partial charge in [0.2, 0.25) is 0 Å². The van der Waals surface area contributed by atoms with E-state index in [-0.39, 0.29) is 6.61 Å². The maximum Gasteiger partial charge on any atom is 0.636 e. The van der Waals surface area contributed by atoms with Gasteiger partial charge in [0.15, 0.2) is 0 Å². The summed E-state index contributed by atoms with van der Waals surface area (Å²) in [6.45, 7) is -0.132. The van der Waals surface area contributed by atoms with Crippen molar-refractivity contribution in [3.63, 3.8) is 0 Å². The summed E-state index contributed by atoms with van der Waals surface area (Å²) >= 11 is 0. The van der Waals surface area contributed by atoms with E-state index < -0.39 is 26.0 Å². The standard InChI is InChI=1S/C19H39BO7/c21-16-18(22)17-27-20(25)26-15-13-11-9-7-5-3-1-2-4-6-8-10-12-14-19(23)24/h18,21-22,25H,1-17H2,(H,23,24). The molecule has 0 rings (SSSR count). The van der Waals surface area contributed by atoms with Crippen LogP contribution in [0.3, 0.4) is 0 Å². The Balaban J connectivity index is 3.13. The molecule has 0 aromatic heterocycles.